The van der Waals surface area contributed by atoms with Gasteiger partial charge in [0.2, 0.25) is 0 Å². The minimum Gasteiger partial charge on any atom is -0.397 e. The molecule has 0 spiro atoms. The topological polar surface area (TPSA) is 38.9 Å². The van der Waals surface area contributed by atoms with Crippen molar-refractivity contribution < 1.29 is 0 Å². The van der Waals surface area contributed by atoms with Gasteiger partial charge < -0.3 is 5.73 Å². The molecule has 0 unspecified atom stereocenters. The van der Waals surface area contributed by atoms with E-state index in [4.69, 9.17) is 17.3 Å². The summed E-state index contributed by atoms with van der Waals surface area (Å²) < 4.78 is 0. The van der Waals surface area contributed by atoms with E-state index in [0.29, 0.717) is 5.69 Å². The Kier molecular flexibility index (Phi) is 3.92. The first-order valence-corrected chi connectivity index (χ1v) is 6.62. The smallest absolute Gasteiger partial charge is 0.120 e. The highest BCUT2D eigenvalue weighted by atomic mass is 35.5. The van der Waals surface area contributed by atoms with Gasteiger partial charge in [0.1, 0.15) is 5.03 Å². The number of thioether (sulfide) groups is 1. The molecule has 2 N–H and O–H groups in total. The standard InChI is InChI=1S/C13H13ClN2S/c1-9-6-7-12(15)13(16-9)17-8-10-4-2-3-5-11(10)14/h2-7H,8,15H2,1H3. The molecular weight excluding hydrogens is 252 g/mol. The van der Waals surface area contributed by atoms with Gasteiger partial charge in [-0.15, -0.1) is 0 Å². The summed E-state index contributed by atoms with van der Waals surface area (Å²) >= 11 is 7.70. The predicted molar refractivity (Wildman–Crippen MR) is 74.4 cm³/mol. The van der Waals surface area contributed by atoms with Crippen LogP contribution in [0.4, 0.5) is 5.69 Å². The Morgan fingerprint density at radius 1 is 1.24 bits per heavy atom. The summed E-state index contributed by atoms with van der Waals surface area (Å²) in [5.74, 6) is 0.778. The van der Waals surface area contributed by atoms with Crippen LogP contribution in [0, 0.1) is 6.92 Å². The lowest BCUT2D eigenvalue weighted by Gasteiger charge is -2.06. The molecule has 17 heavy (non-hydrogen) atoms. The summed E-state index contributed by atoms with van der Waals surface area (Å²) in [6, 6.07) is 11.6. The molecule has 0 fully saturated rings. The number of anilines is 1. The molecule has 1 aromatic carbocycles. The van der Waals surface area contributed by atoms with E-state index in [1.807, 2.05) is 43.3 Å². The maximum absolute atomic E-state index is 6.10. The van der Waals surface area contributed by atoms with Crippen molar-refractivity contribution in [3.8, 4) is 0 Å². The van der Waals surface area contributed by atoms with E-state index in [9.17, 15) is 0 Å². The maximum atomic E-state index is 6.10. The summed E-state index contributed by atoms with van der Waals surface area (Å²) in [6.07, 6.45) is 0. The van der Waals surface area contributed by atoms with E-state index in [-0.39, 0.29) is 0 Å². The molecule has 2 nitrogen and oxygen atoms in total. The van der Waals surface area contributed by atoms with Gasteiger partial charge >= 0.3 is 0 Å². The Balaban J connectivity index is 2.12. The molecule has 88 valence electrons. The minimum atomic E-state index is 0.715. The average Bonchev–Trinajstić information content (AvgIpc) is 2.32. The molecule has 0 radical (unpaired) electrons. The molecular formula is C13H13ClN2S. The Morgan fingerprint density at radius 2 is 2.00 bits per heavy atom. The second kappa shape index (κ2) is 5.43. The quantitative estimate of drug-likeness (QED) is 0.854. The van der Waals surface area contributed by atoms with Gasteiger partial charge in [0.05, 0.1) is 5.69 Å². The van der Waals surface area contributed by atoms with Crippen molar-refractivity contribution in [1.82, 2.24) is 4.98 Å². The minimum absolute atomic E-state index is 0.715. The van der Waals surface area contributed by atoms with Crippen molar-refractivity contribution >= 4 is 29.1 Å². The van der Waals surface area contributed by atoms with Gasteiger partial charge in [-0.2, -0.15) is 0 Å². The molecule has 0 amide bonds. The summed E-state index contributed by atoms with van der Waals surface area (Å²) in [5.41, 5.74) is 8.66. The lowest BCUT2D eigenvalue weighted by Crippen LogP contribution is -1.94. The number of nitrogens with two attached hydrogens (primary N) is 1. The lowest BCUT2D eigenvalue weighted by atomic mass is 10.2. The molecule has 2 rings (SSSR count). The monoisotopic (exact) mass is 264 g/mol. The van der Waals surface area contributed by atoms with Crippen LogP contribution < -0.4 is 5.73 Å². The van der Waals surface area contributed by atoms with Crippen LogP contribution in [0.15, 0.2) is 41.4 Å². The summed E-state index contributed by atoms with van der Waals surface area (Å²) in [4.78, 5) is 4.41. The largest absolute Gasteiger partial charge is 0.397 e. The van der Waals surface area contributed by atoms with Crippen LogP contribution in [-0.2, 0) is 5.75 Å². The molecule has 2 aromatic rings. The molecule has 0 aliphatic rings. The summed E-state index contributed by atoms with van der Waals surface area (Å²) in [6.45, 7) is 1.96. The number of nitrogens with zero attached hydrogens (tertiary/aromatic N) is 1. The van der Waals surface area contributed by atoms with Crippen LogP contribution in [0.1, 0.15) is 11.3 Å². The molecule has 0 atom stereocenters. The normalized spacial score (nSPS) is 10.5. The fourth-order valence-corrected chi connectivity index (χ4v) is 2.69. The van der Waals surface area contributed by atoms with Crippen molar-refractivity contribution in [3.05, 3.63) is 52.7 Å². The third-order valence-corrected chi connectivity index (χ3v) is 3.78. The number of hydrogen-bond donors (Lipinski definition) is 1. The van der Waals surface area contributed by atoms with Gasteiger partial charge in [-0.3, -0.25) is 0 Å². The van der Waals surface area contributed by atoms with E-state index in [2.05, 4.69) is 4.98 Å². The number of pyridine rings is 1. The Hall–Kier alpha value is -1.19. The zero-order valence-corrected chi connectivity index (χ0v) is 11.1. The highest BCUT2D eigenvalue weighted by molar-refractivity contribution is 7.98. The van der Waals surface area contributed by atoms with Crippen LogP contribution in [0.5, 0.6) is 0 Å². The van der Waals surface area contributed by atoms with E-state index in [0.717, 1.165) is 27.1 Å². The lowest BCUT2D eigenvalue weighted by molar-refractivity contribution is 1.07. The van der Waals surface area contributed by atoms with Crippen molar-refractivity contribution in [2.45, 2.75) is 17.7 Å². The number of halogens is 1. The molecule has 0 saturated carbocycles. The number of nitrogen functional groups attached to an aromatic ring is 1. The third kappa shape index (κ3) is 3.14. The van der Waals surface area contributed by atoms with Gasteiger partial charge in [-0.25, -0.2) is 4.98 Å². The highest BCUT2D eigenvalue weighted by Crippen LogP contribution is 2.28. The first-order valence-electron chi connectivity index (χ1n) is 5.26. The van der Waals surface area contributed by atoms with Gasteiger partial charge in [-0.1, -0.05) is 41.6 Å². The molecule has 4 heteroatoms. The Labute approximate surface area is 110 Å². The first-order chi connectivity index (χ1) is 8.16. The molecule has 0 aliphatic carbocycles. The Bertz CT molecular complexity index is 529. The van der Waals surface area contributed by atoms with Crippen molar-refractivity contribution in [3.63, 3.8) is 0 Å². The van der Waals surface area contributed by atoms with Crippen LogP contribution in [0.25, 0.3) is 0 Å². The van der Waals surface area contributed by atoms with Crippen molar-refractivity contribution in [1.29, 1.82) is 0 Å². The van der Waals surface area contributed by atoms with Crippen molar-refractivity contribution in [2.75, 3.05) is 5.73 Å². The first kappa shape index (κ1) is 12.3. The zero-order chi connectivity index (χ0) is 12.3. The summed E-state index contributed by atoms with van der Waals surface area (Å²) in [5, 5.41) is 1.65. The van der Waals surface area contributed by atoms with Gasteiger partial charge in [0, 0.05) is 16.5 Å². The van der Waals surface area contributed by atoms with E-state index in [1.54, 1.807) is 11.8 Å². The molecule has 0 saturated heterocycles. The molecule has 1 aromatic heterocycles. The molecule has 1 heterocycles. The second-order valence-electron chi connectivity index (χ2n) is 3.73. The van der Waals surface area contributed by atoms with Gasteiger partial charge in [0.15, 0.2) is 0 Å². The molecule has 0 bridgehead atoms. The fraction of sp³-hybridized carbons (Fsp3) is 0.154. The van der Waals surface area contributed by atoms with Crippen LogP contribution in [0.2, 0.25) is 5.02 Å². The van der Waals surface area contributed by atoms with E-state index >= 15 is 0 Å². The fourth-order valence-electron chi connectivity index (χ4n) is 1.42. The zero-order valence-electron chi connectivity index (χ0n) is 9.48. The van der Waals surface area contributed by atoms with Crippen LogP contribution in [-0.4, -0.2) is 4.98 Å². The van der Waals surface area contributed by atoms with Gasteiger partial charge in [-0.05, 0) is 30.7 Å². The number of hydrogen-bond acceptors (Lipinski definition) is 3. The SMILES string of the molecule is Cc1ccc(N)c(SCc2ccccc2Cl)n1. The van der Waals surface area contributed by atoms with Crippen LogP contribution >= 0.6 is 23.4 Å². The number of benzene rings is 1. The number of aryl methyl sites for hydroxylation is 1. The van der Waals surface area contributed by atoms with Crippen LogP contribution in [0.3, 0.4) is 0 Å². The van der Waals surface area contributed by atoms with Crippen molar-refractivity contribution in [2.24, 2.45) is 0 Å². The highest BCUT2D eigenvalue weighted by Gasteiger charge is 2.04. The second-order valence-corrected chi connectivity index (χ2v) is 5.10. The number of aromatic nitrogens is 1. The third-order valence-electron chi connectivity index (χ3n) is 2.35. The summed E-state index contributed by atoms with van der Waals surface area (Å²) in [7, 11) is 0. The Morgan fingerprint density at radius 3 is 2.76 bits per heavy atom. The van der Waals surface area contributed by atoms with Gasteiger partial charge in [0.25, 0.3) is 0 Å². The maximum Gasteiger partial charge on any atom is 0.120 e. The number of rotatable bonds is 3. The van der Waals surface area contributed by atoms with E-state index in [1.165, 1.54) is 0 Å². The average molecular weight is 265 g/mol. The van der Waals surface area contributed by atoms with E-state index < -0.39 is 0 Å². The molecule has 0 aliphatic heterocycles. The predicted octanol–water partition coefficient (Wildman–Crippen LogP) is 3.92.